The zero-order valence-corrected chi connectivity index (χ0v) is 19.3. The summed E-state index contributed by atoms with van der Waals surface area (Å²) in [4.78, 5) is 44.0. The summed E-state index contributed by atoms with van der Waals surface area (Å²) in [5.41, 5.74) is 6.28. The van der Waals surface area contributed by atoms with Gasteiger partial charge in [-0.25, -0.2) is 4.79 Å². The van der Waals surface area contributed by atoms with Crippen molar-refractivity contribution >= 4 is 28.7 Å². The van der Waals surface area contributed by atoms with Gasteiger partial charge >= 0.3 is 5.69 Å². The van der Waals surface area contributed by atoms with Gasteiger partial charge < -0.3 is 10.5 Å². The van der Waals surface area contributed by atoms with Gasteiger partial charge in [0.05, 0.1) is 11.5 Å². The number of hydrogen-bond donors (Lipinski definition) is 2. The first kappa shape index (κ1) is 23.3. The standard InChI is InChI=1S/C22H32N4O4S/c1-4-6-9-26-19(23)18(20(27)24-22(26)29)25(10-11-30-3)21(28)17-13-15-12-14(5-2)7-8-16(15)31-17/h13-14H,4-12,23H2,1-3H3,(H,24,27,29). The quantitative estimate of drug-likeness (QED) is 0.613. The van der Waals surface area contributed by atoms with Crippen molar-refractivity contribution in [2.45, 2.75) is 58.9 Å². The maximum atomic E-state index is 13.5. The molecule has 1 aliphatic rings. The number of nitrogens with one attached hydrogen (secondary N) is 1. The summed E-state index contributed by atoms with van der Waals surface area (Å²) >= 11 is 1.49. The normalized spacial score (nSPS) is 15.6. The number of carbonyl (C=O) groups excluding carboxylic acids is 1. The van der Waals surface area contributed by atoms with Crippen LogP contribution in [0.5, 0.6) is 0 Å². The predicted octanol–water partition coefficient (Wildman–Crippen LogP) is 2.79. The largest absolute Gasteiger partial charge is 0.383 e. The van der Waals surface area contributed by atoms with Gasteiger partial charge in [0.15, 0.2) is 5.69 Å². The van der Waals surface area contributed by atoms with E-state index in [0.717, 1.165) is 38.5 Å². The number of fused-ring (bicyclic) bond motifs is 1. The van der Waals surface area contributed by atoms with Crippen LogP contribution in [0.4, 0.5) is 11.5 Å². The molecule has 0 saturated carbocycles. The molecule has 0 spiro atoms. The van der Waals surface area contributed by atoms with Crippen molar-refractivity contribution in [2.24, 2.45) is 5.92 Å². The Balaban J connectivity index is 2.01. The van der Waals surface area contributed by atoms with Gasteiger partial charge in [0.25, 0.3) is 11.5 Å². The number of ether oxygens (including phenoxy) is 1. The number of aromatic nitrogens is 2. The fourth-order valence-corrected chi connectivity index (χ4v) is 5.22. The van der Waals surface area contributed by atoms with Gasteiger partial charge in [-0.05, 0) is 43.2 Å². The molecule has 170 valence electrons. The van der Waals surface area contributed by atoms with Crippen LogP contribution < -0.4 is 21.9 Å². The minimum atomic E-state index is -0.660. The van der Waals surface area contributed by atoms with Crippen LogP contribution in [0.1, 0.15) is 59.6 Å². The zero-order valence-electron chi connectivity index (χ0n) is 18.5. The number of rotatable bonds is 9. The topological polar surface area (TPSA) is 110 Å². The van der Waals surface area contributed by atoms with Crippen LogP contribution in [0.15, 0.2) is 15.7 Å². The molecule has 3 N–H and O–H groups in total. The van der Waals surface area contributed by atoms with Crippen molar-refractivity contribution in [3.8, 4) is 0 Å². The SMILES string of the molecule is CCCCn1c(N)c(N(CCOC)C(=O)c2cc3c(s2)CCC(CC)C3)c(=O)[nH]c1=O. The fourth-order valence-electron chi connectivity index (χ4n) is 4.06. The molecule has 1 unspecified atom stereocenters. The van der Waals surface area contributed by atoms with Crippen molar-refractivity contribution in [3.05, 3.63) is 42.2 Å². The molecule has 1 aliphatic carbocycles. The minimum absolute atomic E-state index is 0.00978. The van der Waals surface area contributed by atoms with E-state index in [1.807, 2.05) is 13.0 Å². The maximum Gasteiger partial charge on any atom is 0.330 e. The van der Waals surface area contributed by atoms with E-state index >= 15 is 0 Å². The van der Waals surface area contributed by atoms with Gasteiger partial charge in [0.2, 0.25) is 0 Å². The Kier molecular flexibility index (Phi) is 7.72. The maximum absolute atomic E-state index is 13.5. The van der Waals surface area contributed by atoms with E-state index in [9.17, 15) is 14.4 Å². The van der Waals surface area contributed by atoms with Crippen LogP contribution in [0.3, 0.4) is 0 Å². The Morgan fingerprint density at radius 2 is 2.16 bits per heavy atom. The van der Waals surface area contributed by atoms with Crippen LogP contribution in [0, 0.1) is 5.92 Å². The third-order valence-electron chi connectivity index (χ3n) is 5.96. The smallest absolute Gasteiger partial charge is 0.330 e. The van der Waals surface area contributed by atoms with Crippen LogP contribution in [-0.2, 0) is 24.1 Å². The average Bonchev–Trinajstić information content (AvgIpc) is 3.18. The number of aryl methyl sites for hydroxylation is 1. The third-order valence-corrected chi connectivity index (χ3v) is 7.18. The van der Waals surface area contributed by atoms with Crippen molar-refractivity contribution < 1.29 is 9.53 Å². The second-order valence-corrected chi connectivity index (χ2v) is 9.16. The van der Waals surface area contributed by atoms with E-state index < -0.39 is 11.2 Å². The monoisotopic (exact) mass is 448 g/mol. The molecule has 2 aromatic rings. The number of hydrogen-bond acceptors (Lipinski definition) is 6. The molecule has 0 saturated heterocycles. The number of nitrogens with zero attached hydrogens (tertiary/aromatic N) is 2. The van der Waals surface area contributed by atoms with Gasteiger partial charge in [-0.1, -0.05) is 26.7 Å². The number of aromatic amines is 1. The lowest BCUT2D eigenvalue weighted by atomic mass is 9.87. The van der Waals surface area contributed by atoms with E-state index in [2.05, 4.69) is 11.9 Å². The van der Waals surface area contributed by atoms with E-state index in [-0.39, 0.29) is 30.6 Å². The van der Waals surface area contributed by atoms with Crippen molar-refractivity contribution in [2.75, 3.05) is 30.9 Å². The molecule has 0 aromatic carbocycles. The molecule has 2 aromatic heterocycles. The van der Waals surface area contributed by atoms with E-state index in [1.165, 1.54) is 38.4 Å². The number of anilines is 2. The Labute approximate surface area is 186 Å². The first-order valence-corrected chi connectivity index (χ1v) is 11.8. The number of carbonyl (C=O) groups is 1. The highest BCUT2D eigenvalue weighted by molar-refractivity contribution is 7.14. The number of nitrogens with two attached hydrogens (primary N) is 1. The first-order chi connectivity index (χ1) is 14.9. The molecule has 0 bridgehead atoms. The lowest BCUT2D eigenvalue weighted by Crippen LogP contribution is -2.42. The molecule has 0 aliphatic heterocycles. The van der Waals surface area contributed by atoms with Crippen molar-refractivity contribution in [1.82, 2.24) is 9.55 Å². The van der Waals surface area contributed by atoms with Gasteiger partial charge in [-0.3, -0.25) is 24.0 Å². The van der Waals surface area contributed by atoms with E-state index in [0.29, 0.717) is 17.3 Å². The summed E-state index contributed by atoms with van der Waals surface area (Å²) in [6.45, 7) is 4.98. The fraction of sp³-hybridized carbons (Fsp3) is 0.591. The molecule has 0 radical (unpaired) electrons. The second kappa shape index (κ2) is 10.3. The minimum Gasteiger partial charge on any atom is -0.383 e. The lowest BCUT2D eigenvalue weighted by molar-refractivity contribution is 0.0979. The molecule has 1 amide bonds. The number of methoxy groups -OCH3 is 1. The van der Waals surface area contributed by atoms with Crippen LogP contribution in [0.25, 0.3) is 0 Å². The van der Waals surface area contributed by atoms with Gasteiger partial charge in [-0.15, -0.1) is 11.3 Å². The molecule has 1 atom stereocenters. The molecule has 0 fully saturated rings. The highest BCUT2D eigenvalue weighted by atomic mass is 32.1. The number of amides is 1. The van der Waals surface area contributed by atoms with Crippen LogP contribution in [0.2, 0.25) is 0 Å². The third kappa shape index (κ3) is 4.93. The molecule has 2 heterocycles. The molecular formula is C22H32N4O4S. The Morgan fingerprint density at radius 1 is 1.39 bits per heavy atom. The summed E-state index contributed by atoms with van der Waals surface area (Å²) in [5, 5.41) is 0. The number of thiophene rings is 1. The zero-order chi connectivity index (χ0) is 22.5. The Hall–Kier alpha value is -2.39. The number of nitrogen functional groups attached to an aromatic ring is 1. The molecule has 9 heteroatoms. The number of unbranched alkanes of at least 4 members (excludes halogenated alkanes) is 1. The molecule has 3 rings (SSSR count). The molecular weight excluding hydrogens is 416 g/mol. The highest BCUT2D eigenvalue weighted by Crippen LogP contribution is 2.34. The van der Waals surface area contributed by atoms with Gasteiger partial charge in [-0.2, -0.15) is 0 Å². The van der Waals surface area contributed by atoms with Gasteiger partial charge in [0, 0.05) is 25.1 Å². The van der Waals surface area contributed by atoms with Crippen molar-refractivity contribution in [3.63, 3.8) is 0 Å². The van der Waals surface area contributed by atoms with Crippen LogP contribution >= 0.6 is 11.3 Å². The second-order valence-electron chi connectivity index (χ2n) is 8.02. The average molecular weight is 449 g/mol. The summed E-state index contributed by atoms with van der Waals surface area (Å²) in [6.07, 6.45) is 5.83. The van der Waals surface area contributed by atoms with E-state index in [4.69, 9.17) is 10.5 Å². The highest BCUT2D eigenvalue weighted by Gasteiger charge is 2.28. The lowest BCUT2D eigenvalue weighted by Gasteiger charge is -2.23. The van der Waals surface area contributed by atoms with Gasteiger partial charge in [0.1, 0.15) is 5.82 Å². The van der Waals surface area contributed by atoms with E-state index in [1.54, 1.807) is 0 Å². The summed E-state index contributed by atoms with van der Waals surface area (Å²) in [7, 11) is 1.53. The number of H-pyrrole nitrogens is 1. The Bertz CT molecular complexity index is 1040. The molecule has 8 nitrogen and oxygen atoms in total. The van der Waals surface area contributed by atoms with Crippen LogP contribution in [-0.4, -0.2) is 35.7 Å². The summed E-state index contributed by atoms with van der Waals surface area (Å²) in [5.74, 6) is 0.372. The Morgan fingerprint density at radius 3 is 2.84 bits per heavy atom. The molecule has 31 heavy (non-hydrogen) atoms. The first-order valence-electron chi connectivity index (χ1n) is 11.0. The summed E-state index contributed by atoms with van der Waals surface area (Å²) in [6, 6.07) is 1.96. The summed E-state index contributed by atoms with van der Waals surface area (Å²) < 4.78 is 6.51. The predicted molar refractivity (Wildman–Crippen MR) is 124 cm³/mol. The van der Waals surface area contributed by atoms with Crippen molar-refractivity contribution in [1.29, 1.82) is 0 Å².